The molecule has 8 nitrogen and oxygen atoms in total. The summed E-state index contributed by atoms with van der Waals surface area (Å²) in [5.74, 6) is -0.513. The van der Waals surface area contributed by atoms with Crippen molar-refractivity contribution in [3.63, 3.8) is 0 Å². The molecule has 212 valence electrons. The Morgan fingerprint density at radius 2 is 1.62 bits per heavy atom. The normalized spacial score (nSPS) is 13.9. The molecular formula is C30H34ClN3O5S. The van der Waals surface area contributed by atoms with Gasteiger partial charge in [0.25, 0.3) is 0 Å². The second kappa shape index (κ2) is 13.9. The minimum Gasteiger partial charge on any atom is -0.383 e. The maximum Gasteiger partial charge on any atom is 0.247 e. The fourth-order valence-corrected chi connectivity index (χ4v) is 5.74. The van der Waals surface area contributed by atoms with Crippen LogP contribution in [0, 0.1) is 0 Å². The first-order chi connectivity index (χ1) is 19.3. The number of amides is 2. The van der Waals surface area contributed by atoms with Gasteiger partial charge >= 0.3 is 0 Å². The molecule has 0 saturated heterocycles. The van der Waals surface area contributed by atoms with Crippen molar-refractivity contribution in [2.24, 2.45) is 0 Å². The number of carbonyl (C=O) groups is 2. The molecule has 3 aromatic carbocycles. The molecule has 2 N–H and O–H groups in total. The molecule has 1 aliphatic carbocycles. The van der Waals surface area contributed by atoms with Gasteiger partial charge in [0, 0.05) is 37.7 Å². The van der Waals surface area contributed by atoms with Gasteiger partial charge in [0.15, 0.2) is 0 Å². The van der Waals surface area contributed by atoms with Crippen LogP contribution in [0.1, 0.15) is 42.0 Å². The number of aryl methyl sites for hydroxylation is 1. The predicted molar refractivity (Wildman–Crippen MR) is 154 cm³/mol. The van der Waals surface area contributed by atoms with Crippen LogP contribution in [0.15, 0.2) is 83.8 Å². The quantitative estimate of drug-likeness (QED) is 0.276. The maximum atomic E-state index is 13.8. The van der Waals surface area contributed by atoms with Crippen LogP contribution < -0.4 is 10.0 Å². The highest BCUT2D eigenvalue weighted by molar-refractivity contribution is 7.89. The third-order valence-electron chi connectivity index (χ3n) is 6.63. The molecule has 1 atom stereocenters. The van der Waals surface area contributed by atoms with E-state index in [2.05, 4.69) is 10.0 Å². The van der Waals surface area contributed by atoms with Crippen molar-refractivity contribution in [1.82, 2.24) is 14.9 Å². The molecule has 0 heterocycles. The van der Waals surface area contributed by atoms with E-state index in [0.29, 0.717) is 30.2 Å². The van der Waals surface area contributed by atoms with Crippen LogP contribution in [0.2, 0.25) is 5.02 Å². The van der Waals surface area contributed by atoms with E-state index in [1.54, 1.807) is 48.4 Å². The highest BCUT2D eigenvalue weighted by Crippen LogP contribution is 2.26. The zero-order chi connectivity index (χ0) is 28.5. The molecule has 40 heavy (non-hydrogen) atoms. The first kappa shape index (κ1) is 29.7. The van der Waals surface area contributed by atoms with Crippen LogP contribution in [0.4, 0.5) is 0 Å². The maximum absolute atomic E-state index is 13.8. The first-order valence-electron chi connectivity index (χ1n) is 13.2. The van der Waals surface area contributed by atoms with Gasteiger partial charge in [0.1, 0.15) is 6.04 Å². The van der Waals surface area contributed by atoms with Crippen molar-refractivity contribution < 1.29 is 22.7 Å². The van der Waals surface area contributed by atoms with Crippen LogP contribution in [-0.4, -0.2) is 51.4 Å². The van der Waals surface area contributed by atoms with Gasteiger partial charge in [-0.25, -0.2) is 13.1 Å². The number of hydrogen-bond acceptors (Lipinski definition) is 5. The first-order valence-corrected chi connectivity index (χ1v) is 15.1. The Morgan fingerprint density at radius 1 is 0.975 bits per heavy atom. The zero-order valence-corrected chi connectivity index (χ0v) is 24.0. The SMILES string of the molecule is COCCNC(=O)[C@H](c1ccccc1)N(Cc1ccc(Cl)cc1)C(=O)CCc1ccc(S(=O)(=O)NC2CC2)cc1. The fraction of sp³-hybridized carbons (Fsp3) is 0.333. The fourth-order valence-electron chi connectivity index (χ4n) is 4.31. The lowest BCUT2D eigenvalue weighted by Gasteiger charge is -2.32. The number of halogens is 1. The molecule has 0 aliphatic heterocycles. The number of benzene rings is 3. The molecule has 10 heteroatoms. The Hall–Kier alpha value is -3.24. The van der Waals surface area contributed by atoms with Crippen LogP contribution in [0.3, 0.4) is 0 Å². The molecule has 0 unspecified atom stereocenters. The molecule has 1 fully saturated rings. The van der Waals surface area contributed by atoms with Gasteiger partial charge in [-0.15, -0.1) is 0 Å². The molecule has 2 amide bonds. The summed E-state index contributed by atoms with van der Waals surface area (Å²) in [6.45, 7) is 0.865. The number of methoxy groups -OCH3 is 1. The smallest absolute Gasteiger partial charge is 0.247 e. The largest absolute Gasteiger partial charge is 0.383 e. The molecule has 0 bridgehead atoms. The lowest BCUT2D eigenvalue weighted by molar-refractivity contribution is -0.141. The summed E-state index contributed by atoms with van der Waals surface area (Å²) in [5, 5.41) is 3.46. The van der Waals surface area contributed by atoms with Crippen LogP contribution in [0.5, 0.6) is 0 Å². The molecule has 0 aromatic heterocycles. The topological polar surface area (TPSA) is 105 Å². The van der Waals surface area contributed by atoms with E-state index >= 15 is 0 Å². The van der Waals surface area contributed by atoms with Crippen LogP contribution >= 0.6 is 11.6 Å². The van der Waals surface area contributed by atoms with Gasteiger partial charge in [0.2, 0.25) is 21.8 Å². The molecule has 4 rings (SSSR count). The van der Waals surface area contributed by atoms with Crippen molar-refractivity contribution in [2.75, 3.05) is 20.3 Å². The van der Waals surface area contributed by atoms with E-state index in [0.717, 1.165) is 24.0 Å². The summed E-state index contributed by atoms with van der Waals surface area (Å²) < 4.78 is 32.7. The summed E-state index contributed by atoms with van der Waals surface area (Å²) in [5.41, 5.74) is 2.35. The van der Waals surface area contributed by atoms with E-state index in [1.807, 2.05) is 42.5 Å². The van der Waals surface area contributed by atoms with Crippen molar-refractivity contribution in [2.45, 2.75) is 49.2 Å². The van der Waals surface area contributed by atoms with E-state index in [4.69, 9.17) is 16.3 Å². The van der Waals surface area contributed by atoms with Crippen molar-refractivity contribution >= 4 is 33.4 Å². The standard InChI is InChI=1S/C30H34ClN3O5S/c1-39-20-19-32-30(36)29(24-5-3-2-4-6-24)34(21-23-7-12-25(31)13-8-23)28(35)18-11-22-9-16-27(17-10-22)40(37,38)33-26-14-15-26/h2-10,12-13,16-17,26,29,33H,11,14-15,18-21H2,1H3,(H,32,36)/t29-/m0/s1. The van der Waals surface area contributed by atoms with E-state index in [1.165, 1.54) is 0 Å². The Morgan fingerprint density at radius 3 is 2.25 bits per heavy atom. The summed E-state index contributed by atoms with van der Waals surface area (Å²) >= 11 is 6.08. The molecule has 1 aliphatic rings. The Labute approximate surface area is 240 Å². The second-order valence-electron chi connectivity index (χ2n) is 9.78. The van der Waals surface area contributed by atoms with Crippen molar-refractivity contribution in [1.29, 1.82) is 0 Å². The summed E-state index contributed by atoms with van der Waals surface area (Å²) in [6.07, 6.45) is 2.24. The number of ether oxygens (including phenoxy) is 1. The third kappa shape index (κ3) is 8.38. The van der Waals surface area contributed by atoms with Gasteiger partial charge in [-0.05, 0) is 60.2 Å². The Bertz CT molecular complexity index is 1380. The predicted octanol–water partition coefficient (Wildman–Crippen LogP) is 4.25. The van der Waals surface area contributed by atoms with Crippen LogP contribution in [-0.2, 0) is 37.3 Å². The number of sulfonamides is 1. The van der Waals surface area contributed by atoms with Gasteiger partial charge in [-0.1, -0.05) is 66.2 Å². The monoisotopic (exact) mass is 583 g/mol. The number of rotatable bonds is 14. The summed E-state index contributed by atoms with van der Waals surface area (Å²) in [6, 6.07) is 22.1. The van der Waals surface area contributed by atoms with Gasteiger partial charge in [-0.2, -0.15) is 0 Å². The molecule has 0 radical (unpaired) electrons. The van der Waals surface area contributed by atoms with Crippen molar-refractivity contribution in [3.8, 4) is 0 Å². The van der Waals surface area contributed by atoms with Crippen LogP contribution in [0.25, 0.3) is 0 Å². The molecule has 0 spiro atoms. The minimum atomic E-state index is -3.55. The highest BCUT2D eigenvalue weighted by atomic mass is 35.5. The Kier molecular flexibility index (Phi) is 10.3. The Balaban J connectivity index is 1.54. The minimum absolute atomic E-state index is 0.0261. The van der Waals surface area contributed by atoms with E-state index < -0.39 is 16.1 Å². The molecule has 1 saturated carbocycles. The molecule has 3 aromatic rings. The number of carbonyl (C=O) groups excluding carboxylic acids is 2. The third-order valence-corrected chi connectivity index (χ3v) is 8.42. The average molecular weight is 584 g/mol. The lowest BCUT2D eigenvalue weighted by atomic mass is 10.0. The number of nitrogens with one attached hydrogen (secondary N) is 2. The second-order valence-corrected chi connectivity index (χ2v) is 11.9. The zero-order valence-electron chi connectivity index (χ0n) is 22.4. The lowest BCUT2D eigenvalue weighted by Crippen LogP contribution is -2.44. The summed E-state index contributed by atoms with van der Waals surface area (Å²) in [4.78, 5) is 29.0. The van der Waals surface area contributed by atoms with Crippen molar-refractivity contribution in [3.05, 3.63) is 101 Å². The number of nitrogens with zero attached hydrogens (tertiary/aromatic N) is 1. The van der Waals surface area contributed by atoms with E-state index in [-0.39, 0.29) is 35.7 Å². The average Bonchev–Trinajstić information content (AvgIpc) is 3.77. The van der Waals surface area contributed by atoms with Gasteiger partial charge < -0.3 is 15.0 Å². The van der Waals surface area contributed by atoms with Gasteiger partial charge in [-0.3, -0.25) is 9.59 Å². The number of hydrogen-bond donors (Lipinski definition) is 2. The van der Waals surface area contributed by atoms with E-state index in [9.17, 15) is 18.0 Å². The molecular weight excluding hydrogens is 550 g/mol. The van der Waals surface area contributed by atoms with Gasteiger partial charge in [0.05, 0.1) is 11.5 Å². The highest BCUT2D eigenvalue weighted by Gasteiger charge is 2.31. The summed E-state index contributed by atoms with van der Waals surface area (Å²) in [7, 11) is -1.99.